The molecule has 20 heavy (non-hydrogen) atoms. The summed E-state index contributed by atoms with van der Waals surface area (Å²) < 4.78 is 43.1. The van der Waals surface area contributed by atoms with Gasteiger partial charge in [-0.3, -0.25) is 0 Å². The molecule has 0 saturated heterocycles. The largest absolute Gasteiger partial charge is 0.457 e. The van der Waals surface area contributed by atoms with Crippen LogP contribution in [0.15, 0.2) is 53.7 Å². The van der Waals surface area contributed by atoms with Gasteiger partial charge in [0.2, 0.25) is 0 Å². The molecule has 0 aromatic heterocycles. The van der Waals surface area contributed by atoms with Crippen LogP contribution in [0.3, 0.4) is 0 Å². The number of halogens is 3. The Hall–Kier alpha value is -2.50. The summed E-state index contributed by atoms with van der Waals surface area (Å²) in [5.41, 5.74) is -0.208. The highest BCUT2D eigenvalue weighted by Gasteiger charge is 2.30. The number of hydrogen-bond donors (Lipinski definition) is 1. The smallest absolute Gasteiger partial charge is 0.416 e. The highest BCUT2D eigenvalue weighted by Crippen LogP contribution is 2.32. The summed E-state index contributed by atoms with van der Waals surface area (Å²) in [6.45, 7) is 0. The van der Waals surface area contributed by atoms with Crippen LogP contribution in [0, 0.1) is 0 Å². The number of alkyl halides is 3. The van der Waals surface area contributed by atoms with Gasteiger partial charge < -0.3 is 9.94 Å². The molecule has 0 bridgehead atoms. The number of oxime groups is 1. The van der Waals surface area contributed by atoms with Crippen LogP contribution in [0.5, 0.6) is 11.5 Å². The first-order valence-electron chi connectivity index (χ1n) is 5.61. The van der Waals surface area contributed by atoms with E-state index in [1.54, 1.807) is 24.3 Å². The normalized spacial score (nSPS) is 11.8. The molecule has 0 unspecified atom stereocenters. The fraction of sp³-hybridized carbons (Fsp3) is 0.0714. The van der Waals surface area contributed by atoms with E-state index in [9.17, 15) is 13.2 Å². The zero-order chi connectivity index (χ0) is 14.6. The third kappa shape index (κ3) is 3.50. The third-order valence-corrected chi connectivity index (χ3v) is 2.46. The average molecular weight is 281 g/mol. The van der Waals surface area contributed by atoms with Crippen molar-refractivity contribution in [2.24, 2.45) is 5.16 Å². The SMILES string of the molecule is ON=Cc1cccc(Oc2cccc(C(F)(F)F)c2)c1. The van der Waals surface area contributed by atoms with Crippen molar-refractivity contribution in [1.82, 2.24) is 0 Å². The van der Waals surface area contributed by atoms with Crippen molar-refractivity contribution in [3.63, 3.8) is 0 Å². The van der Waals surface area contributed by atoms with Gasteiger partial charge in [-0.25, -0.2) is 0 Å². The molecule has 1 N–H and O–H groups in total. The van der Waals surface area contributed by atoms with Crippen molar-refractivity contribution in [1.29, 1.82) is 0 Å². The van der Waals surface area contributed by atoms with E-state index >= 15 is 0 Å². The van der Waals surface area contributed by atoms with Gasteiger partial charge in [0.25, 0.3) is 0 Å². The number of rotatable bonds is 3. The van der Waals surface area contributed by atoms with E-state index in [4.69, 9.17) is 9.94 Å². The zero-order valence-electron chi connectivity index (χ0n) is 10.1. The van der Waals surface area contributed by atoms with Gasteiger partial charge in [0.1, 0.15) is 11.5 Å². The zero-order valence-corrected chi connectivity index (χ0v) is 10.1. The van der Waals surface area contributed by atoms with Crippen molar-refractivity contribution in [2.45, 2.75) is 6.18 Å². The summed E-state index contributed by atoms with van der Waals surface area (Å²) in [4.78, 5) is 0. The van der Waals surface area contributed by atoms with Crippen molar-refractivity contribution in [3.05, 3.63) is 59.7 Å². The molecule has 3 nitrogen and oxygen atoms in total. The Kier molecular flexibility index (Phi) is 3.93. The summed E-state index contributed by atoms with van der Waals surface area (Å²) in [5.74, 6) is 0.430. The summed E-state index contributed by atoms with van der Waals surface area (Å²) >= 11 is 0. The lowest BCUT2D eigenvalue weighted by molar-refractivity contribution is -0.137. The molecular weight excluding hydrogens is 271 g/mol. The van der Waals surface area contributed by atoms with Crippen molar-refractivity contribution in [3.8, 4) is 11.5 Å². The van der Waals surface area contributed by atoms with Crippen molar-refractivity contribution in [2.75, 3.05) is 0 Å². The van der Waals surface area contributed by atoms with Crippen molar-refractivity contribution < 1.29 is 23.1 Å². The van der Waals surface area contributed by atoms with E-state index in [-0.39, 0.29) is 5.75 Å². The van der Waals surface area contributed by atoms with Gasteiger partial charge in [0, 0.05) is 0 Å². The van der Waals surface area contributed by atoms with Gasteiger partial charge in [-0.2, -0.15) is 13.2 Å². The van der Waals surface area contributed by atoms with Gasteiger partial charge >= 0.3 is 6.18 Å². The Morgan fingerprint density at radius 1 is 1.00 bits per heavy atom. The molecule has 2 aromatic rings. The molecule has 0 atom stereocenters. The molecule has 0 aliphatic heterocycles. The van der Waals surface area contributed by atoms with Crippen LogP contribution in [-0.4, -0.2) is 11.4 Å². The predicted octanol–water partition coefficient (Wildman–Crippen LogP) is 4.31. The van der Waals surface area contributed by atoms with Gasteiger partial charge in [0.05, 0.1) is 11.8 Å². The quantitative estimate of drug-likeness (QED) is 0.517. The fourth-order valence-corrected chi connectivity index (χ4v) is 1.60. The molecule has 0 aliphatic rings. The van der Waals surface area contributed by atoms with E-state index in [1.165, 1.54) is 18.3 Å². The van der Waals surface area contributed by atoms with Crippen LogP contribution >= 0.6 is 0 Å². The Morgan fingerprint density at radius 2 is 1.65 bits per heavy atom. The molecule has 0 spiro atoms. The molecule has 6 heteroatoms. The maximum absolute atomic E-state index is 12.6. The Labute approximate surface area is 112 Å². The summed E-state index contributed by atoms with van der Waals surface area (Å²) in [6, 6.07) is 11.0. The van der Waals surface area contributed by atoms with E-state index in [1.807, 2.05) is 0 Å². The standard InChI is InChI=1S/C14H10F3NO2/c15-14(16,17)11-4-2-6-13(8-11)20-12-5-1-3-10(7-12)9-18-19/h1-9,19H. The molecule has 0 fully saturated rings. The molecule has 0 aliphatic carbocycles. The van der Waals surface area contributed by atoms with E-state index in [2.05, 4.69) is 5.16 Å². The molecule has 2 aromatic carbocycles. The maximum atomic E-state index is 12.6. The lowest BCUT2D eigenvalue weighted by atomic mass is 10.2. The van der Waals surface area contributed by atoms with E-state index < -0.39 is 11.7 Å². The minimum Gasteiger partial charge on any atom is -0.457 e. The summed E-state index contributed by atoms with van der Waals surface area (Å²) in [6.07, 6.45) is -3.22. The Balaban J connectivity index is 2.24. The second kappa shape index (κ2) is 5.64. The first-order valence-corrected chi connectivity index (χ1v) is 5.61. The minimum absolute atomic E-state index is 0.0814. The molecule has 0 amide bonds. The van der Waals surface area contributed by atoms with E-state index in [0.717, 1.165) is 12.1 Å². The first kappa shape index (κ1) is 13.9. The number of ether oxygens (including phenoxy) is 1. The predicted molar refractivity (Wildman–Crippen MR) is 67.3 cm³/mol. The number of benzene rings is 2. The van der Waals surface area contributed by atoms with Crippen LogP contribution in [0.2, 0.25) is 0 Å². The monoisotopic (exact) mass is 281 g/mol. The molecule has 0 heterocycles. The summed E-state index contributed by atoms with van der Waals surface area (Å²) in [5, 5.41) is 11.3. The van der Waals surface area contributed by atoms with Crippen LogP contribution < -0.4 is 4.74 Å². The van der Waals surface area contributed by atoms with Gasteiger partial charge in [-0.05, 0) is 35.9 Å². The van der Waals surface area contributed by atoms with Gasteiger partial charge in [0.15, 0.2) is 0 Å². The van der Waals surface area contributed by atoms with Gasteiger partial charge in [-0.1, -0.05) is 23.4 Å². The molecule has 0 saturated carbocycles. The van der Waals surface area contributed by atoms with Crippen LogP contribution in [0.4, 0.5) is 13.2 Å². The molecular formula is C14H10F3NO2. The van der Waals surface area contributed by atoms with E-state index in [0.29, 0.717) is 11.3 Å². The lowest BCUT2D eigenvalue weighted by Crippen LogP contribution is -2.04. The topological polar surface area (TPSA) is 41.8 Å². The molecule has 104 valence electrons. The first-order chi connectivity index (χ1) is 9.49. The number of hydrogen-bond acceptors (Lipinski definition) is 3. The Bertz CT molecular complexity index is 624. The van der Waals surface area contributed by atoms with Gasteiger partial charge in [-0.15, -0.1) is 0 Å². The fourth-order valence-electron chi connectivity index (χ4n) is 1.60. The highest BCUT2D eigenvalue weighted by atomic mass is 19.4. The maximum Gasteiger partial charge on any atom is 0.416 e. The number of nitrogens with zero attached hydrogens (tertiary/aromatic N) is 1. The molecule has 2 rings (SSSR count). The second-order valence-corrected chi connectivity index (χ2v) is 3.94. The third-order valence-electron chi connectivity index (χ3n) is 2.46. The second-order valence-electron chi connectivity index (χ2n) is 3.94. The van der Waals surface area contributed by atoms with Crippen LogP contribution in [0.1, 0.15) is 11.1 Å². The summed E-state index contributed by atoms with van der Waals surface area (Å²) in [7, 11) is 0. The van der Waals surface area contributed by atoms with Crippen LogP contribution in [0.25, 0.3) is 0 Å². The molecule has 0 radical (unpaired) electrons. The Morgan fingerprint density at radius 3 is 2.30 bits per heavy atom. The highest BCUT2D eigenvalue weighted by molar-refractivity contribution is 5.79. The average Bonchev–Trinajstić information content (AvgIpc) is 2.39. The minimum atomic E-state index is -4.41. The van der Waals surface area contributed by atoms with Crippen molar-refractivity contribution >= 4 is 6.21 Å². The lowest BCUT2D eigenvalue weighted by Gasteiger charge is -2.10. The van der Waals surface area contributed by atoms with Crippen LogP contribution in [-0.2, 0) is 6.18 Å².